The first kappa shape index (κ1) is 26.6. The summed E-state index contributed by atoms with van der Waals surface area (Å²) in [6.07, 6.45) is 1.20. The molecule has 0 spiro atoms. The molecule has 0 saturated carbocycles. The molecule has 9 heteroatoms. The second-order valence-corrected chi connectivity index (χ2v) is 10.8. The first-order valence-electron chi connectivity index (χ1n) is 11.7. The number of hydrogen-bond acceptors (Lipinski definition) is 4. The van der Waals surface area contributed by atoms with Crippen LogP contribution in [0.25, 0.3) is 11.1 Å². The Morgan fingerprint density at radius 1 is 0.842 bits per heavy atom. The third-order valence-corrected chi connectivity index (χ3v) is 7.29. The SMILES string of the molecule is CS(=O)(=O)c1ccccc1-c1ccc([C@@](Cc2ccccc2)(NC(=O)Nc2ccc(F)cc2)C(N)=O)cc1. The molecular formula is C29H26FN3O4S. The standard InChI is InChI=1S/C29H26FN3O4S/c1-38(36,37)26-10-6-5-9-25(26)21-11-13-22(14-12-21)29(27(31)34,19-20-7-3-2-4-8-20)33-28(35)32-24-17-15-23(30)16-18-24/h2-18H,19H2,1H3,(H2,31,34)(H2,32,33,35)/t29-/m1/s1. The molecule has 4 N–H and O–H groups in total. The fraction of sp³-hybridized carbons (Fsp3) is 0.103. The zero-order chi connectivity index (χ0) is 27.3. The predicted molar refractivity (Wildman–Crippen MR) is 145 cm³/mol. The molecule has 0 aliphatic carbocycles. The number of nitrogens with two attached hydrogens (primary N) is 1. The lowest BCUT2D eigenvalue weighted by Crippen LogP contribution is -2.57. The van der Waals surface area contributed by atoms with Gasteiger partial charge in [-0.1, -0.05) is 72.8 Å². The van der Waals surface area contributed by atoms with E-state index in [1.54, 1.807) is 42.5 Å². The molecule has 7 nitrogen and oxygen atoms in total. The van der Waals surface area contributed by atoms with Gasteiger partial charge in [0.25, 0.3) is 0 Å². The molecule has 0 bridgehead atoms. The molecule has 4 aromatic carbocycles. The summed E-state index contributed by atoms with van der Waals surface area (Å²) >= 11 is 0. The Morgan fingerprint density at radius 2 is 1.45 bits per heavy atom. The van der Waals surface area contributed by atoms with Gasteiger partial charge < -0.3 is 16.4 Å². The molecule has 0 radical (unpaired) electrons. The van der Waals surface area contributed by atoms with Crippen LogP contribution < -0.4 is 16.4 Å². The van der Waals surface area contributed by atoms with E-state index in [-0.39, 0.29) is 11.3 Å². The summed E-state index contributed by atoms with van der Waals surface area (Å²) in [5.41, 5.74) is 6.89. The number of carbonyl (C=O) groups is 2. The molecule has 0 fully saturated rings. The van der Waals surface area contributed by atoms with Gasteiger partial charge in [-0.25, -0.2) is 17.6 Å². The summed E-state index contributed by atoms with van der Waals surface area (Å²) in [5.74, 6) is -1.25. The molecule has 0 heterocycles. The lowest BCUT2D eigenvalue weighted by Gasteiger charge is -2.33. The summed E-state index contributed by atoms with van der Waals surface area (Å²) in [6.45, 7) is 0. The number of hydrogen-bond donors (Lipinski definition) is 3. The van der Waals surface area contributed by atoms with Gasteiger partial charge in [0, 0.05) is 23.9 Å². The van der Waals surface area contributed by atoms with Gasteiger partial charge in [0.2, 0.25) is 5.91 Å². The fourth-order valence-electron chi connectivity index (χ4n) is 4.26. The molecule has 0 aliphatic rings. The first-order valence-corrected chi connectivity index (χ1v) is 13.6. The van der Waals surface area contributed by atoms with Crippen LogP contribution in [0, 0.1) is 5.82 Å². The highest BCUT2D eigenvalue weighted by Crippen LogP contribution is 2.31. The molecule has 4 rings (SSSR count). The number of primary amides is 1. The second-order valence-electron chi connectivity index (χ2n) is 8.86. The maximum Gasteiger partial charge on any atom is 0.320 e. The van der Waals surface area contributed by atoms with Crippen LogP contribution in [0.4, 0.5) is 14.9 Å². The lowest BCUT2D eigenvalue weighted by molar-refractivity contribution is -0.124. The number of benzene rings is 4. The van der Waals surface area contributed by atoms with Crippen molar-refractivity contribution in [1.29, 1.82) is 0 Å². The summed E-state index contributed by atoms with van der Waals surface area (Å²) in [4.78, 5) is 26.3. The van der Waals surface area contributed by atoms with E-state index < -0.39 is 33.1 Å². The molecule has 3 amide bonds. The van der Waals surface area contributed by atoms with Crippen LogP contribution in [0.3, 0.4) is 0 Å². The van der Waals surface area contributed by atoms with Crippen LogP contribution in [0.1, 0.15) is 11.1 Å². The van der Waals surface area contributed by atoms with Gasteiger partial charge >= 0.3 is 6.03 Å². The number of halogens is 1. The van der Waals surface area contributed by atoms with Gasteiger partial charge in [-0.05, 0) is 47.0 Å². The second kappa shape index (κ2) is 10.9. The molecule has 194 valence electrons. The summed E-state index contributed by atoms with van der Waals surface area (Å²) in [7, 11) is -3.49. The van der Waals surface area contributed by atoms with E-state index in [2.05, 4.69) is 10.6 Å². The molecular weight excluding hydrogens is 505 g/mol. The minimum atomic E-state index is -3.49. The van der Waals surface area contributed by atoms with Gasteiger partial charge in [-0.3, -0.25) is 4.79 Å². The number of sulfone groups is 1. The molecule has 0 aliphatic heterocycles. The van der Waals surface area contributed by atoms with Gasteiger partial charge in [-0.2, -0.15) is 0 Å². The highest BCUT2D eigenvalue weighted by molar-refractivity contribution is 7.90. The Balaban J connectivity index is 1.75. The average molecular weight is 532 g/mol. The minimum absolute atomic E-state index is 0.0548. The maximum absolute atomic E-state index is 13.3. The minimum Gasteiger partial charge on any atom is -0.367 e. The van der Waals surface area contributed by atoms with Crippen molar-refractivity contribution in [2.45, 2.75) is 16.9 Å². The highest BCUT2D eigenvalue weighted by atomic mass is 32.2. The van der Waals surface area contributed by atoms with Gasteiger partial charge in [-0.15, -0.1) is 0 Å². The summed E-state index contributed by atoms with van der Waals surface area (Å²) in [5, 5.41) is 5.34. The third kappa shape index (κ3) is 5.90. The molecule has 0 aromatic heterocycles. The maximum atomic E-state index is 13.3. The Hall–Kier alpha value is -4.50. The normalized spacial score (nSPS) is 12.8. The van der Waals surface area contributed by atoms with E-state index in [4.69, 9.17) is 5.73 Å². The largest absolute Gasteiger partial charge is 0.367 e. The van der Waals surface area contributed by atoms with Crippen LogP contribution >= 0.6 is 0 Å². The van der Waals surface area contributed by atoms with Crippen molar-refractivity contribution in [3.8, 4) is 11.1 Å². The van der Waals surface area contributed by atoms with Crippen molar-refractivity contribution in [2.24, 2.45) is 5.73 Å². The number of carbonyl (C=O) groups excluding carboxylic acids is 2. The van der Waals surface area contributed by atoms with Crippen LogP contribution in [-0.4, -0.2) is 26.6 Å². The highest BCUT2D eigenvalue weighted by Gasteiger charge is 2.40. The molecule has 0 saturated heterocycles. The smallest absolute Gasteiger partial charge is 0.320 e. The third-order valence-electron chi connectivity index (χ3n) is 6.14. The lowest BCUT2D eigenvalue weighted by atomic mass is 9.82. The summed E-state index contributed by atoms with van der Waals surface area (Å²) < 4.78 is 37.9. The Bertz CT molecular complexity index is 1560. The molecule has 38 heavy (non-hydrogen) atoms. The van der Waals surface area contributed by atoms with Gasteiger partial charge in [0.15, 0.2) is 9.84 Å². The van der Waals surface area contributed by atoms with E-state index >= 15 is 0 Å². The van der Waals surface area contributed by atoms with E-state index in [1.807, 2.05) is 30.3 Å². The monoisotopic (exact) mass is 531 g/mol. The topological polar surface area (TPSA) is 118 Å². The van der Waals surface area contributed by atoms with Crippen molar-refractivity contribution in [3.05, 3.63) is 120 Å². The number of urea groups is 1. The van der Waals surface area contributed by atoms with Crippen LogP contribution in [0.5, 0.6) is 0 Å². The molecule has 0 unspecified atom stereocenters. The zero-order valence-corrected chi connectivity index (χ0v) is 21.3. The Labute approximate surface area is 220 Å². The fourth-order valence-corrected chi connectivity index (χ4v) is 5.17. The predicted octanol–water partition coefficient (Wildman–Crippen LogP) is 4.64. The molecule has 1 atom stereocenters. The van der Waals surface area contributed by atoms with Crippen molar-refractivity contribution in [1.82, 2.24) is 5.32 Å². The van der Waals surface area contributed by atoms with Gasteiger partial charge in [0.05, 0.1) is 4.90 Å². The van der Waals surface area contributed by atoms with E-state index in [9.17, 15) is 22.4 Å². The zero-order valence-electron chi connectivity index (χ0n) is 20.5. The van der Waals surface area contributed by atoms with Crippen LogP contribution in [-0.2, 0) is 26.6 Å². The summed E-state index contributed by atoms with van der Waals surface area (Å²) in [6, 6.07) is 26.8. The quantitative estimate of drug-likeness (QED) is 0.307. The molecule has 4 aromatic rings. The van der Waals surface area contributed by atoms with E-state index in [1.165, 1.54) is 30.3 Å². The number of rotatable bonds is 8. The number of nitrogens with one attached hydrogen (secondary N) is 2. The Kier molecular flexibility index (Phi) is 7.59. The van der Waals surface area contributed by atoms with Crippen LogP contribution in [0.2, 0.25) is 0 Å². The average Bonchev–Trinajstić information content (AvgIpc) is 2.89. The van der Waals surface area contributed by atoms with Crippen molar-refractivity contribution >= 4 is 27.5 Å². The van der Waals surface area contributed by atoms with Gasteiger partial charge in [0.1, 0.15) is 11.4 Å². The van der Waals surface area contributed by atoms with Crippen molar-refractivity contribution in [3.63, 3.8) is 0 Å². The van der Waals surface area contributed by atoms with Crippen molar-refractivity contribution in [2.75, 3.05) is 11.6 Å². The van der Waals surface area contributed by atoms with Crippen molar-refractivity contribution < 1.29 is 22.4 Å². The van der Waals surface area contributed by atoms with E-state index in [0.29, 0.717) is 22.4 Å². The Morgan fingerprint density at radius 3 is 2.05 bits per heavy atom. The number of amides is 3. The first-order chi connectivity index (χ1) is 18.1. The number of anilines is 1. The van der Waals surface area contributed by atoms with Crippen LogP contribution in [0.15, 0.2) is 108 Å². The van der Waals surface area contributed by atoms with E-state index in [0.717, 1.165) is 11.8 Å².